The molecule has 3 rings (SSSR count). The highest BCUT2D eigenvalue weighted by atomic mass is 16.5. The van der Waals surface area contributed by atoms with Crippen LogP contribution in [-0.2, 0) is 14.3 Å². The summed E-state index contributed by atoms with van der Waals surface area (Å²) in [5.41, 5.74) is 7.31. The Hall–Kier alpha value is -2.12. The van der Waals surface area contributed by atoms with Crippen LogP contribution in [0.3, 0.4) is 0 Å². The Morgan fingerprint density at radius 1 is 1.11 bits per heavy atom. The first kappa shape index (κ1) is 20.6. The topological polar surface area (TPSA) is 103 Å². The van der Waals surface area contributed by atoms with Gasteiger partial charge in [0.25, 0.3) is 0 Å². The number of carbonyl (C=O) groups is 2. The van der Waals surface area contributed by atoms with Gasteiger partial charge in [0.2, 0.25) is 11.8 Å². The highest BCUT2D eigenvalue weighted by Crippen LogP contribution is 2.31. The molecule has 1 saturated heterocycles. The predicted molar refractivity (Wildman–Crippen MR) is 108 cm³/mol. The van der Waals surface area contributed by atoms with Crippen molar-refractivity contribution in [1.29, 1.82) is 0 Å². The largest absolute Gasteiger partial charge is 0.495 e. The molecule has 4 N–H and O–H groups in total. The Kier molecular flexibility index (Phi) is 7.28. The molecule has 0 bridgehead atoms. The monoisotopic (exact) mass is 389 g/mol. The van der Waals surface area contributed by atoms with E-state index < -0.39 is 6.04 Å². The number of nitrogens with one attached hydrogen (secondary N) is 2. The van der Waals surface area contributed by atoms with Crippen molar-refractivity contribution in [3.05, 3.63) is 18.2 Å². The van der Waals surface area contributed by atoms with Gasteiger partial charge in [-0.3, -0.25) is 9.59 Å². The fraction of sp³-hybridized carbons (Fsp3) is 0.619. The Bertz CT molecular complexity index is 682. The molecule has 1 heterocycles. The van der Waals surface area contributed by atoms with Crippen molar-refractivity contribution in [2.45, 2.75) is 51.0 Å². The van der Waals surface area contributed by atoms with Gasteiger partial charge in [-0.2, -0.15) is 0 Å². The molecule has 1 saturated carbocycles. The lowest BCUT2D eigenvalue weighted by Gasteiger charge is -2.27. The van der Waals surface area contributed by atoms with Crippen molar-refractivity contribution >= 4 is 23.2 Å². The minimum Gasteiger partial charge on any atom is -0.495 e. The van der Waals surface area contributed by atoms with Crippen molar-refractivity contribution in [1.82, 2.24) is 0 Å². The minimum atomic E-state index is -0.578. The molecule has 1 atom stereocenters. The van der Waals surface area contributed by atoms with E-state index in [1.807, 2.05) is 0 Å². The fourth-order valence-electron chi connectivity index (χ4n) is 4.00. The van der Waals surface area contributed by atoms with Crippen molar-refractivity contribution in [3.8, 4) is 5.75 Å². The van der Waals surface area contributed by atoms with Gasteiger partial charge < -0.3 is 25.8 Å². The predicted octanol–water partition coefficient (Wildman–Crippen LogP) is 2.91. The van der Waals surface area contributed by atoms with Gasteiger partial charge in [0, 0.05) is 24.8 Å². The summed E-state index contributed by atoms with van der Waals surface area (Å²) in [5.74, 6) is 0.522. The molecule has 0 spiro atoms. The maximum Gasteiger partial charge on any atom is 0.241 e. The number of methoxy groups -OCH3 is 1. The summed E-state index contributed by atoms with van der Waals surface area (Å²) in [6.45, 7) is 1.29. The van der Waals surface area contributed by atoms with Gasteiger partial charge in [-0.1, -0.05) is 19.3 Å². The summed E-state index contributed by atoms with van der Waals surface area (Å²) < 4.78 is 10.7. The molecule has 1 aliphatic heterocycles. The zero-order chi connectivity index (χ0) is 19.9. The van der Waals surface area contributed by atoms with Crippen molar-refractivity contribution < 1.29 is 19.1 Å². The van der Waals surface area contributed by atoms with E-state index in [9.17, 15) is 9.59 Å². The van der Waals surface area contributed by atoms with Crippen LogP contribution in [0.15, 0.2) is 18.2 Å². The first-order chi connectivity index (χ1) is 13.6. The van der Waals surface area contributed by atoms with Gasteiger partial charge in [-0.15, -0.1) is 0 Å². The molecule has 2 amide bonds. The van der Waals surface area contributed by atoms with Gasteiger partial charge >= 0.3 is 0 Å². The summed E-state index contributed by atoms with van der Waals surface area (Å²) >= 11 is 0. The number of hydrogen-bond donors (Lipinski definition) is 3. The second-order valence-corrected chi connectivity index (χ2v) is 7.70. The Labute approximate surface area is 166 Å². The quantitative estimate of drug-likeness (QED) is 0.694. The summed E-state index contributed by atoms with van der Waals surface area (Å²) in [5, 5.41) is 5.85. The maximum atomic E-state index is 12.6. The summed E-state index contributed by atoms with van der Waals surface area (Å²) in [7, 11) is 1.56. The molecular formula is C21H31N3O4. The molecule has 1 unspecified atom stereocenters. The third-order valence-electron chi connectivity index (χ3n) is 5.78. The van der Waals surface area contributed by atoms with E-state index in [2.05, 4.69) is 10.6 Å². The molecule has 2 aliphatic rings. The SMILES string of the molecule is COc1ccc(NC(=O)C(N)C2CCOCC2)cc1NC(=O)C1CCCCC1. The highest BCUT2D eigenvalue weighted by molar-refractivity contribution is 5.98. The molecule has 7 nitrogen and oxygen atoms in total. The van der Waals surface area contributed by atoms with E-state index in [4.69, 9.17) is 15.2 Å². The van der Waals surface area contributed by atoms with E-state index >= 15 is 0 Å². The first-order valence-corrected chi connectivity index (χ1v) is 10.2. The zero-order valence-corrected chi connectivity index (χ0v) is 16.5. The Balaban J connectivity index is 1.65. The lowest BCUT2D eigenvalue weighted by Crippen LogP contribution is -2.44. The van der Waals surface area contributed by atoms with Gasteiger partial charge in [0.1, 0.15) is 5.75 Å². The van der Waals surface area contributed by atoms with E-state index in [-0.39, 0.29) is 23.7 Å². The Morgan fingerprint density at radius 2 is 1.82 bits per heavy atom. The standard InChI is InChI=1S/C21H31N3O4/c1-27-18-8-7-16(23-21(26)19(22)14-9-11-28-12-10-14)13-17(18)24-20(25)15-5-3-2-4-6-15/h7-8,13-15,19H,2-6,9-12,22H2,1H3,(H,23,26)(H,24,25). The second-order valence-electron chi connectivity index (χ2n) is 7.70. The number of rotatable bonds is 6. The fourth-order valence-corrected chi connectivity index (χ4v) is 4.00. The summed E-state index contributed by atoms with van der Waals surface area (Å²) in [6, 6.07) is 4.65. The molecule has 0 aromatic heterocycles. The van der Waals surface area contributed by atoms with Crippen LogP contribution in [0.25, 0.3) is 0 Å². The van der Waals surface area contributed by atoms with Crippen LogP contribution < -0.4 is 21.1 Å². The van der Waals surface area contributed by atoms with Crippen LogP contribution >= 0.6 is 0 Å². The third kappa shape index (κ3) is 5.23. The van der Waals surface area contributed by atoms with E-state index in [0.29, 0.717) is 30.3 Å². The lowest BCUT2D eigenvalue weighted by atomic mass is 9.88. The normalized spacial score (nSPS) is 19.6. The minimum absolute atomic E-state index is 0.0142. The van der Waals surface area contributed by atoms with Crippen LogP contribution in [0, 0.1) is 11.8 Å². The van der Waals surface area contributed by atoms with E-state index in [1.54, 1.807) is 25.3 Å². The zero-order valence-electron chi connectivity index (χ0n) is 16.5. The molecular weight excluding hydrogens is 358 g/mol. The van der Waals surface area contributed by atoms with Crippen LogP contribution in [0.1, 0.15) is 44.9 Å². The smallest absolute Gasteiger partial charge is 0.241 e. The van der Waals surface area contributed by atoms with E-state index in [0.717, 1.165) is 38.5 Å². The van der Waals surface area contributed by atoms with Crippen molar-refractivity contribution in [2.75, 3.05) is 31.0 Å². The van der Waals surface area contributed by atoms with Crippen molar-refractivity contribution in [3.63, 3.8) is 0 Å². The second kappa shape index (κ2) is 9.89. The number of benzene rings is 1. The molecule has 0 radical (unpaired) electrons. The number of carbonyl (C=O) groups excluding carboxylic acids is 2. The maximum absolute atomic E-state index is 12.6. The number of nitrogens with two attached hydrogens (primary N) is 1. The number of hydrogen-bond acceptors (Lipinski definition) is 5. The van der Waals surface area contributed by atoms with Crippen molar-refractivity contribution in [2.24, 2.45) is 17.6 Å². The number of ether oxygens (including phenoxy) is 2. The summed E-state index contributed by atoms with van der Waals surface area (Å²) in [6.07, 6.45) is 6.81. The Morgan fingerprint density at radius 3 is 2.50 bits per heavy atom. The third-order valence-corrected chi connectivity index (χ3v) is 5.78. The van der Waals surface area contributed by atoms with Gasteiger partial charge in [-0.05, 0) is 49.8 Å². The van der Waals surface area contributed by atoms with Crippen LogP contribution in [0.5, 0.6) is 5.75 Å². The van der Waals surface area contributed by atoms with Crippen LogP contribution in [0.2, 0.25) is 0 Å². The van der Waals surface area contributed by atoms with Gasteiger partial charge in [-0.25, -0.2) is 0 Å². The summed E-state index contributed by atoms with van der Waals surface area (Å²) in [4.78, 5) is 25.1. The average Bonchev–Trinajstić information content (AvgIpc) is 2.74. The number of anilines is 2. The molecule has 28 heavy (non-hydrogen) atoms. The molecule has 2 fully saturated rings. The average molecular weight is 389 g/mol. The molecule has 7 heteroatoms. The molecule has 1 aliphatic carbocycles. The first-order valence-electron chi connectivity index (χ1n) is 10.2. The molecule has 154 valence electrons. The lowest BCUT2D eigenvalue weighted by molar-refractivity contribution is -0.121. The number of amides is 2. The molecule has 1 aromatic rings. The van der Waals surface area contributed by atoms with Gasteiger partial charge in [0.05, 0.1) is 18.8 Å². The molecule has 1 aromatic carbocycles. The van der Waals surface area contributed by atoms with E-state index in [1.165, 1.54) is 6.42 Å². The van der Waals surface area contributed by atoms with Crippen LogP contribution in [-0.4, -0.2) is 38.2 Å². The highest BCUT2D eigenvalue weighted by Gasteiger charge is 2.27. The van der Waals surface area contributed by atoms with Crippen LogP contribution in [0.4, 0.5) is 11.4 Å². The van der Waals surface area contributed by atoms with Gasteiger partial charge in [0.15, 0.2) is 0 Å².